The Morgan fingerprint density at radius 3 is 2.27 bits per heavy atom. The van der Waals surface area contributed by atoms with Crippen molar-refractivity contribution >= 4 is 10.8 Å². The molecule has 2 unspecified atom stereocenters. The van der Waals surface area contributed by atoms with Crippen LogP contribution in [0.2, 0.25) is 0 Å². The van der Waals surface area contributed by atoms with Crippen molar-refractivity contribution < 1.29 is 18.9 Å². The van der Waals surface area contributed by atoms with Crippen LogP contribution < -0.4 is 9.47 Å². The van der Waals surface area contributed by atoms with Crippen molar-refractivity contribution in [2.24, 2.45) is 0 Å². The van der Waals surface area contributed by atoms with Gasteiger partial charge in [-0.15, -0.1) is 0 Å². The lowest BCUT2D eigenvalue weighted by molar-refractivity contribution is 0.259. The highest BCUT2D eigenvalue weighted by atomic mass is 16.6. The van der Waals surface area contributed by atoms with Crippen LogP contribution in [-0.2, 0) is 15.9 Å². The molecule has 116 valence electrons. The molecule has 0 bridgehead atoms. The van der Waals surface area contributed by atoms with E-state index in [0.29, 0.717) is 13.2 Å². The summed E-state index contributed by atoms with van der Waals surface area (Å²) in [6.07, 6.45) is 1.42. The van der Waals surface area contributed by atoms with Crippen molar-refractivity contribution in [2.45, 2.75) is 25.6 Å². The number of benzene rings is 2. The average molecular weight is 300 g/mol. The molecule has 2 fully saturated rings. The van der Waals surface area contributed by atoms with E-state index in [1.165, 1.54) is 5.56 Å². The normalized spacial score (nSPS) is 22.6. The zero-order valence-corrected chi connectivity index (χ0v) is 12.7. The summed E-state index contributed by atoms with van der Waals surface area (Å²) < 4.78 is 22.5. The number of rotatable bonds is 7. The molecule has 2 aromatic carbocycles. The predicted octanol–water partition coefficient (Wildman–Crippen LogP) is 2.96. The monoisotopic (exact) mass is 300 g/mol. The first kappa shape index (κ1) is 13.9. The first-order valence-electron chi connectivity index (χ1n) is 7.88. The highest BCUT2D eigenvalue weighted by Gasteiger charge is 2.25. The third-order valence-corrected chi connectivity index (χ3v) is 4.06. The van der Waals surface area contributed by atoms with Gasteiger partial charge in [0.15, 0.2) is 0 Å². The Kier molecular flexibility index (Phi) is 3.64. The largest absolute Gasteiger partial charge is 0.490 e. The van der Waals surface area contributed by atoms with Gasteiger partial charge in [-0.2, -0.15) is 0 Å². The van der Waals surface area contributed by atoms with Crippen molar-refractivity contribution in [3.63, 3.8) is 0 Å². The molecule has 2 aliphatic heterocycles. The minimum Gasteiger partial charge on any atom is -0.490 e. The second kappa shape index (κ2) is 5.78. The molecule has 0 spiro atoms. The van der Waals surface area contributed by atoms with Gasteiger partial charge >= 0.3 is 0 Å². The van der Waals surface area contributed by atoms with E-state index in [1.807, 2.05) is 12.1 Å². The molecule has 0 aliphatic carbocycles. The number of hydrogen-bond acceptors (Lipinski definition) is 4. The summed E-state index contributed by atoms with van der Waals surface area (Å²) in [7, 11) is 0. The summed E-state index contributed by atoms with van der Waals surface area (Å²) in [5.74, 6) is 1.88. The van der Waals surface area contributed by atoms with Gasteiger partial charge in [0.05, 0.1) is 13.2 Å². The highest BCUT2D eigenvalue weighted by molar-refractivity contribution is 5.94. The van der Waals surface area contributed by atoms with Gasteiger partial charge in [0.1, 0.15) is 36.9 Å². The van der Waals surface area contributed by atoms with Crippen LogP contribution in [0, 0.1) is 0 Å². The average Bonchev–Trinajstić information content (AvgIpc) is 3.45. The Morgan fingerprint density at radius 2 is 1.64 bits per heavy atom. The Hall–Kier alpha value is -1.78. The fourth-order valence-electron chi connectivity index (χ4n) is 2.61. The Labute approximate surface area is 129 Å². The fourth-order valence-corrected chi connectivity index (χ4v) is 2.61. The third-order valence-electron chi connectivity index (χ3n) is 4.06. The van der Waals surface area contributed by atoms with Gasteiger partial charge in [0.2, 0.25) is 0 Å². The summed E-state index contributed by atoms with van der Waals surface area (Å²) in [6.45, 7) is 4.98. The standard InChI is InChI=1S/C18H20O4/c1-2-12-7-17(21-10-13-8-19-13)15-5-3-4-6-16(15)18(12)22-11-14-9-20-14/h3-7,13-14H,2,8-11H2,1H3. The van der Waals surface area contributed by atoms with E-state index >= 15 is 0 Å². The number of hydrogen-bond donors (Lipinski definition) is 0. The molecule has 2 saturated heterocycles. The summed E-state index contributed by atoms with van der Waals surface area (Å²) in [6, 6.07) is 10.3. The lowest BCUT2D eigenvalue weighted by atomic mass is 10.0. The minimum atomic E-state index is 0.256. The summed E-state index contributed by atoms with van der Waals surface area (Å²) >= 11 is 0. The van der Waals surface area contributed by atoms with E-state index in [1.54, 1.807) is 0 Å². The van der Waals surface area contributed by atoms with Crippen molar-refractivity contribution in [3.05, 3.63) is 35.9 Å². The van der Waals surface area contributed by atoms with E-state index < -0.39 is 0 Å². The lowest BCUT2D eigenvalue weighted by Crippen LogP contribution is -2.08. The lowest BCUT2D eigenvalue weighted by Gasteiger charge is -2.16. The van der Waals surface area contributed by atoms with E-state index in [-0.39, 0.29) is 12.2 Å². The molecule has 4 rings (SSSR count). The molecule has 0 radical (unpaired) electrons. The van der Waals surface area contributed by atoms with Gasteiger partial charge in [0.25, 0.3) is 0 Å². The Balaban J connectivity index is 1.70. The van der Waals surface area contributed by atoms with Crippen LogP contribution in [0.25, 0.3) is 10.8 Å². The van der Waals surface area contributed by atoms with E-state index in [9.17, 15) is 0 Å². The Morgan fingerprint density at radius 1 is 1.00 bits per heavy atom. The van der Waals surface area contributed by atoms with Gasteiger partial charge in [-0.1, -0.05) is 31.2 Å². The van der Waals surface area contributed by atoms with Crippen molar-refractivity contribution in [1.82, 2.24) is 0 Å². The van der Waals surface area contributed by atoms with Crippen LogP contribution in [0.15, 0.2) is 30.3 Å². The van der Waals surface area contributed by atoms with Crippen molar-refractivity contribution in [3.8, 4) is 11.5 Å². The molecule has 0 N–H and O–H groups in total. The van der Waals surface area contributed by atoms with Gasteiger partial charge in [-0.3, -0.25) is 0 Å². The van der Waals surface area contributed by atoms with Crippen LogP contribution in [0.3, 0.4) is 0 Å². The van der Waals surface area contributed by atoms with Gasteiger partial charge < -0.3 is 18.9 Å². The predicted molar refractivity (Wildman–Crippen MR) is 83.8 cm³/mol. The third kappa shape index (κ3) is 2.89. The molecule has 4 heteroatoms. The zero-order chi connectivity index (χ0) is 14.9. The molecule has 0 saturated carbocycles. The van der Waals surface area contributed by atoms with E-state index in [0.717, 1.165) is 41.9 Å². The molecule has 0 amide bonds. The second-order valence-corrected chi connectivity index (χ2v) is 5.79. The minimum absolute atomic E-state index is 0.256. The van der Waals surface area contributed by atoms with Crippen LogP contribution >= 0.6 is 0 Å². The van der Waals surface area contributed by atoms with Crippen LogP contribution in [-0.4, -0.2) is 38.6 Å². The number of aryl methyl sites for hydroxylation is 1. The maximum absolute atomic E-state index is 6.05. The molecular formula is C18H20O4. The molecule has 22 heavy (non-hydrogen) atoms. The van der Waals surface area contributed by atoms with Crippen molar-refractivity contribution in [1.29, 1.82) is 0 Å². The quantitative estimate of drug-likeness (QED) is 0.737. The number of fused-ring (bicyclic) bond motifs is 1. The first-order chi connectivity index (χ1) is 10.8. The molecule has 2 aromatic rings. The molecule has 2 aliphatic rings. The van der Waals surface area contributed by atoms with Gasteiger partial charge in [-0.25, -0.2) is 0 Å². The zero-order valence-electron chi connectivity index (χ0n) is 12.7. The van der Waals surface area contributed by atoms with Crippen molar-refractivity contribution in [2.75, 3.05) is 26.4 Å². The maximum Gasteiger partial charge on any atom is 0.130 e. The number of ether oxygens (including phenoxy) is 4. The van der Waals surface area contributed by atoms with Gasteiger partial charge in [-0.05, 0) is 18.1 Å². The molecule has 4 nitrogen and oxygen atoms in total. The molecule has 2 heterocycles. The second-order valence-electron chi connectivity index (χ2n) is 5.79. The van der Waals surface area contributed by atoms with Crippen LogP contribution in [0.5, 0.6) is 11.5 Å². The maximum atomic E-state index is 6.05. The molecule has 2 atom stereocenters. The molecular weight excluding hydrogens is 280 g/mol. The highest BCUT2D eigenvalue weighted by Crippen LogP contribution is 2.37. The van der Waals surface area contributed by atoms with Crippen LogP contribution in [0.4, 0.5) is 0 Å². The number of epoxide rings is 2. The Bertz CT molecular complexity index is 674. The SMILES string of the molecule is CCc1cc(OCC2CO2)c2ccccc2c1OCC1CO1. The van der Waals surface area contributed by atoms with E-state index in [4.69, 9.17) is 18.9 Å². The summed E-state index contributed by atoms with van der Waals surface area (Å²) in [5.41, 5.74) is 1.17. The summed E-state index contributed by atoms with van der Waals surface area (Å²) in [5, 5.41) is 2.20. The first-order valence-corrected chi connectivity index (χ1v) is 7.88. The van der Waals surface area contributed by atoms with E-state index in [2.05, 4.69) is 25.1 Å². The summed E-state index contributed by atoms with van der Waals surface area (Å²) in [4.78, 5) is 0. The molecule has 0 aromatic heterocycles. The van der Waals surface area contributed by atoms with Gasteiger partial charge in [0, 0.05) is 10.8 Å². The smallest absolute Gasteiger partial charge is 0.130 e. The van der Waals surface area contributed by atoms with Crippen LogP contribution in [0.1, 0.15) is 12.5 Å². The fraction of sp³-hybridized carbons (Fsp3) is 0.444. The topological polar surface area (TPSA) is 43.5 Å².